The Labute approximate surface area is 101 Å². The number of benzene rings is 1. The highest BCUT2D eigenvalue weighted by Crippen LogP contribution is 2.18. The Bertz CT molecular complexity index is 553. The van der Waals surface area contributed by atoms with Crippen molar-refractivity contribution in [3.05, 3.63) is 41.5 Å². The maximum atomic E-state index is 13.6. The van der Waals surface area contributed by atoms with Crippen LogP contribution in [0.5, 0.6) is 0 Å². The molecule has 1 N–H and O–H groups in total. The van der Waals surface area contributed by atoms with Gasteiger partial charge >= 0.3 is 0 Å². The summed E-state index contributed by atoms with van der Waals surface area (Å²) < 4.78 is 40.7. The molecule has 18 heavy (non-hydrogen) atoms. The van der Waals surface area contributed by atoms with Crippen LogP contribution in [0.3, 0.4) is 0 Å². The lowest BCUT2D eigenvalue weighted by Crippen LogP contribution is -2.16. The van der Waals surface area contributed by atoms with Crippen molar-refractivity contribution in [1.82, 2.24) is 20.3 Å². The van der Waals surface area contributed by atoms with Gasteiger partial charge in [0.15, 0.2) is 17.5 Å². The van der Waals surface area contributed by atoms with Crippen molar-refractivity contribution in [2.24, 2.45) is 0 Å². The van der Waals surface area contributed by atoms with Crippen molar-refractivity contribution in [1.29, 1.82) is 0 Å². The fraction of sp³-hybridized carbons (Fsp3) is 0.273. The lowest BCUT2D eigenvalue weighted by Gasteiger charge is -2.08. The molecule has 0 aliphatic heterocycles. The van der Waals surface area contributed by atoms with E-state index >= 15 is 0 Å². The number of hydrogen-bond acceptors (Lipinski definition) is 3. The van der Waals surface area contributed by atoms with Crippen LogP contribution in [0.25, 0.3) is 5.69 Å². The molecule has 0 saturated carbocycles. The van der Waals surface area contributed by atoms with Crippen LogP contribution in [0.2, 0.25) is 0 Å². The van der Waals surface area contributed by atoms with Gasteiger partial charge in [-0.1, -0.05) is 12.1 Å². The molecule has 1 heterocycles. The van der Waals surface area contributed by atoms with E-state index in [0.717, 1.165) is 10.7 Å². The van der Waals surface area contributed by atoms with Crippen molar-refractivity contribution < 1.29 is 13.2 Å². The summed E-state index contributed by atoms with van der Waals surface area (Å²) in [6.45, 7) is 3.03. The van der Waals surface area contributed by atoms with Crippen LogP contribution in [-0.2, 0) is 6.54 Å². The number of nitrogens with one attached hydrogen (secondary N) is 1. The molecule has 0 fully saturated rings. The molecule has 7 heteroatoms. The van der Waals surface area contributed by atoms with E-state index < -0.39 is 17.5 Å². The van der Waals surface area contributed by atoms with Crippen LogP contribution >= 0.6 is 0 Å². The van der Waals surface area contributed by atoms with Crippen LogP contribution in [0.15, 0.2) is 18.3 Å². The van der Waals surface area contributed by atoms with E-state index in [1.807, 2.05) is 6.92 Å². The van der Waals surface area contributed by atoms with Crippen LogP contribution in [0.1, 0.15) is 12.6 Å². The number of aromatic nitrogens is 3. The molecule has 0 bridgehead atoms. The summed E-state index contributed by atoms with van der Waals surface area (Å²) in [5.74, 6) is -3.25. The Morgan fingerprint density at radius 1 is 1.17 bits per heavy atom. The molecule has 0 aliphatic rings. The Hall–Kier alpha value is -1.89. The van der Waals surface area contributed by atoms with Gasteiger partial charge in [0.05, 0.1) is 11.9 Å². The Morgan fingerprint density at radius 3 is 2.61 bits per heavy atom. The molecule has 0 unspecified atom stereocenters. The van der Waals surface area contributed by atoms with E-state index in [0.29, 0.717) is 24.8 Å². The first-order valence-corrected chi connectivity index (χ1v) is 5.38. The third-order valence-electron chi connectivity index (χ3n) is 2.39. The number of rotatable bonds is 4. The van der Waals surface area contributed by atoms with Gasteiger partial charge in [-0.25, -0.2) is 17.9 Å². The molecule has 96 valence electrons. The van der Waals surface area contributed by atoms with Crippen molar-refractivity contribution in [3.8, 4) is 5.69 Å². The van der Waals surface area contributed by atoms with Crippen LogP contribution in [-0.4, -0.2) is 21.5 Å². The van der Waals surface area contributed by atoms with E-state index in [2.05, 4.69) is 15.6 Å². The smallest absolute Gasteiger partial charge is 0.161 e. The molecule has 1 aromatic carbocycles. The van der Waals surface area contributed by atoms with Crippen molar-refractivity contribution >= 4 is 0 Å². The average Bonchev–Trinajstić information content (AvgIpc) is 2.79. The number of hydrogen-bond donors (Lipinski definition) is 1. The highest BCUT2D eigenvalue weighted by atomic mass is 19.2. The van der Waals surface area contributed by atoms with Gasteiger partial charge in [-0.15, -0.1) is 5.10 Å². The quantitative estimate of drug-likeness (QED) is 0.848. The molecule has 0 amide bonds. The monoisotopic (exact) mass is 256 g/mol. The van der Waals surface area contributed by atoms with Crippen molar-refractivity contribution in [2.75, 3.05) is 6.54 Å². The minimum Gasteiger partial charge on any atom is -0.311 e. The van der Waals surface area contributed by atoms with Gasteiger partial charge in [0.25, 0.3) is 0 Å². The normalized spacial score (nSPS) is 10.9. The highest BCUT2D eigenvalue weighted by Gasteiger charge is 2.14. The average molecular weight is 256 g/mol. The summed E-state index contributed by atoms with van der Waals surface area (Å²) in [4.78, 5) is 0. The Morgan fingerprint density at radius 2 is 1.89 bits per heavy atom. The zero-order chi connectivity index (χ0) is 13.1. The fourth-order valence-corrected chi connectivity index (χ4v) is 1.51. The van der Waals surface area contributed by atoms with Gasteiger partial charge < -0.3 is 5.32 Å². The first kappa shape index (κ1) is 12.6. The maximum Gasteiger partial charge on any atom is 0.161 e. The molecule has 0 spiro atoms. The second-order valence-corrected chi connectivity index (χ2v) is 3.64. The van der Waals surface area contributed by atoms with E-state index in [9.17, 15) is 13.2 Å². The summed E-state index contributed by atoms with van der Waals surface area (Å²) in [7, 11) is 0. The molecule has 4 nitrogen and oxygen atoms in total. The zero-order valence-electron chi connectivity index (χ0n) is 9.62. The Kier molecular flexibility index (Phi) is 3.61. The largest absolute Gasteiger partial charge is 0.311 e. The molecule has 0 aliphatic carbocycles. The number of nitrogens with zero attached hydrogens (tertiary/aromatic N) is 3. The van der Waals surface area contributed by atoms with Crippen molar-refractivity contribution in [3.63, 3.8) is 0 Å². The minimum atomic E-state index is -1.23. The second-order valence-electron chi connectivity index (χ2n) is 3.64. The molecule has 2 rings (SSSR count). The predicted octanol–water partition coefficient (Wildman–Crippen LogP) is 1.79. The summed E-state index contributed by atoms with van der Waals surface area (Å²) in [5.41, 5.74) is 0.390. The Balaban J connectivity index is 2.42. The van der Waals surface area contributed by atoms with Gasteiger partial charge in [-0.2, -0.15) is 0 Å². The summed E-state index contributed by atoms with van der Waals surface area (Å²) in [5, 5.41) is 10.3. The lowest BCUT2D eigenvalue weighted by molar-refractivity contribution is 0.490. The van der Waals surface area contributed by atoms with Crippen LogP contribution in [0.4, 0.5) is 13.2 Å². The highest BCUT2D eigenvalue weighted by molar-refractivity contribution is 5.34. The lowest BCUT2D eigenvalue weighted by atomic mass is 10.2. The summed E-state index contributed by atoms with van der Waals surface area (Å²) in [6, 6.07) is 1.25. The van der Waals surface area contributed by atoms with Gasteiger partial charge in [0.2, 0.25) is 0 Å². The molecule has 0 saturated heterocycles. The third kappa shape index (κ3) is 2.35. The van der Waals surface area contributed by atoms with E-state index in [1.54, 1.807) is 0 Å². The van der Waals surface area contributed by atoms with Gasteiger partial charge in [-0.05, 0) is 6.54 Å². The maximum absolute atomic E-state index is 13.6. The molecular formula is C11H11F3N4. The van der Waals surface area contributed by atoms with Crippen molar-refractivity contribution in [2.45, 2.75) is 13.5 Å². The first-order valence-electron chi connectivity index (χ1n) is 5.38. The summed E-state index contributed by atoms with van der Waals surface area (Å²) >= 11 is 0. The topological polar surface area (TPSA) is 42.7 Å². The standard InChI is InChI=1S/C11H11F3N4/c1-2-15-5-7-6-16-17-18(7)11-4-9(13)8(12)3-10(11)14/h3-4,6,15H,2,5H2,1H3. The van der Waals surface area contributed by atoms with E-state index in [4.69, 9.17) is 0 Å². The fourth-order valence-electron chi connectivity index (χ4n) is 1.51. The van der Waals surface area contributed by atoms with Crippen LogP contribution < -0.4 is 5.32 Å². The molecule has 2 aromatic rings. The SMILES string of the molecule is CCNCc1cnnn1-c1cc(F)c(F)cc1F. The van der Waals surface area contributed by atoms with E-state index in [-0.39, 0.29) is 5.69 Å². The summed E-state index contributed by atoms with van der Waals surface area (Å²) in [6.07, 6.45) is 1.43. The molecule has 0 atom stereocenters. The third-order valence-corrected chi connectivity index (χ3v) is 2.39. The number of halogens is 3. The zero-order valence-corrected chi connectivity index (χ0v) is 9.62. The van der Waals surface area contributed by atoms with Gasteiger partial charge in [-0.3, -0.25) is 0 Å². The van der Waals surface area contributed by atoms with Gasteiger partial charge in [0, 0.05) is 18.7 Å². The van der Waals surface area contributed by atoms with Crippen LogP contribution in [0, 0.1) is 17.5 Å². The van der Waals surface area contributed by atoms with E-state index in [1.165, 1.54) is 6.20 Å². The first-order chi connectivity index (χ1) is 8.63. The molecule has 1 aromatic heterocycles. The molecule has 0 radical (unpaired) electrons. The predicted molar refractivity (Wildman–Crippen MR) is 58.6 cm³/mol. The second kappa shape index (κ2) is 5.18. The molecular weight excluding hydrogens is 245 g/mol. The minimum absolute atomic E-state index is 0.167. The van der Waals surface area contributed by atoms with Gasteiger partial charge in [0.1, 0.15) is 5.69 Å².